The number of alkyl carbamates (subject to hydrolysis) is 1. The zero-order valence-electron chi connectivity index (χ0n) is 17.1. The van der Waals surface area contributed by atoms with Crippen LogP contribution in [0.1, 0.15) is 39.6 Å². The number of ether oxygens (including phenoxy) is 1. The van der Waals surface area contributed by atoms with Gasteiger partial charge in [0.15, 0.2) is 0 Å². The second-order valence-electron chi connectivity index (χ2n) is 8.30. The minimum absolute atomic E-state index is 0.0713. The molecule has 1 aromatic heterocycles. The van der Waals surface area contributed by atoms with Crippen molar-refractivity contribution in [1.82, 2.24) is 10.3 Å². The Labute approximate surface area is 162 Å². The second-order valence-corrected chi connectivity index (χ2v) is 12.8. The first-order valence-electron chi connectivity index (χ1n) is 9.16. The largest absolute Gasteiger partial charge is 0.447 e. The molecule has 146 valence electrons. The number of hydrogen-bond donors (Lipinski definition) is 1. The number of amides is 1. The van der Waals surface area contributed by atoms with E-state index >= 15 is 0 Å². The van der Waals surface area contributed by atoms with Crippen molar-refractivity contribution in [3.8, 4) is 0 Å². The summed E-state index contributed by atoms with van der Waals surface area (Å²) < 4.78 is 10.9. The molecule has 0 aliphatic heterocycles. The monoisotopic (exact) mass is 386 g/mol. The van der Waals surface area contributed by atoms with Gasteiger partial charge in [-0.05, 0) is 20.8 Å². The molecule has 0 radical (unpaired) electrons. The van der Waals surface area contributed by atoms with Gasteiger partial charge in [0.1, 0.15) is 26.0 Å². The molecular weight excluding hydrogens is 356 g/mol. The number of benzene rings is 1. The molecule has 5 nitrogen and oxygen atoms in total. The summed E-state index contributed by atoms with van der Waals surface area (Å²) >= 11 is 0. The van der Waals surface area contributed by atoms with Crippen molar-refractivity contribution in [3.63, 3.8) is 0 Å². The standard InChI is InChI=1S/C21H30N2O3Si/c1-15(16(2)27(6,7)17-11-9-8-10-12-17)18(19-22-13-14-25-19)23-20(24)26-21(3,4)5/h8-15,18H,2H2,1,3-7H3,(H,23,24)/t15-,18-/m0/s1. The van der Waals surface area contributed by atoms with E-state index in [0.717, 1.165) is 5.20 Å². The molecule has 1 aromatic carbocycles. The van der Waals surface area contributed by atoms with Crippen LogP contribution >= 0.6 is 0 Å². The van der Waals surface area contributed by atoms with Gasteiger partial charge in [-0.3, -0.25) is 0 Å². The van der Waals surface area contributed by atoms with E-state index in [-0.39, 0.29) is 5.92 Å². The minimum atomic E-state index is -1.98. The van der Waals surface area contributed by atoms with Crippen molar-refractivity contribution in [2.24, 2.45) is 5.92 Å². The average Bonchev–Trinajstić information content (AvgIpc) is 3.12. The van der Waals surface area contributed by atoms with Gasteiger partial charge < -0.3 is 14.5 Å². The molecule has 2 atom stereocenters. The number of nitrogens with one attached hydrogen (secondary N) is 1. The van der Waals surface area contributed by atoms with Crippen molar-refractivity contribution in [2.75, 3.05) is 0 Å². The molecule has 27 heavy (non-hydrogen) atoms. The van der Waals surface area contributed by atoms with E-state index < -0.39 is 25.8 Å². The Kier molecular flexibility index (Phi) is 6.31. The van der Waals surface area contributed by atoms with Crippen LogP contribution in [0.4, 0.5) is 4.79 Å². The zero-order valence-corrected chi connectivity index (χ0v) is 18.1. The van der Waals surface area contributed by atoms with Gasteiger partial charge in [0.25, 0.3) is 0 Å². The first-order valence-corrected chi connectivity index (χ1v) is 12.2. The molecule has 0 saturated heterocycles. The topological polar surface area (TPSA) is 64.4 Å². The fourth-order valence-electron chi connectivity index (χ4n) is 3.03. The van der Waals surface area contributed by atoms with Crippen molar-refractivity contribution in [3.05, 3.63) is 60.5 Å². The third-order valence-corrected chi connectivity index (χ3v) is 8.58. The Morgan fingerprint density at radius 3 is 2.41 bits per heavy atom. The van der Waals surface area contributed by atoms with Crippen LogP contribution in [0, 0.1) is 5.92 Å². The van der Waals surface area contributed by atoms with Crippen molar-refractivity contribution in [2.45, 2.75) is 52.4 Å². The fraction of sp³-hybridized carbons (Fsp3) is 0.429. The SMILES string of the molecule is C=C([C@H](C)[C@H](NC(=O)OC(C)(C)C)c1ncco1)[Si](C)(C)c1ccccc1. The normalized spacial score (nSPS) is 14.3. The molecule has 0 fully saturated rings. The molecule has 0 unspecified atom stereocenters. The molecule has 2 rings (SSSR count). The molecule has 0 spiro atoms. The third-order valence-electron chi connectivity index (χ3n) is 4.74. The van der Waals surface area contributed by atoms with E-state index in [1.54, 1.807) is 6.20 Å². The van der Waals surface area contributed by atoms with Crippen LogP contribution < -0.4 is 10.5 Å². The van der Waals surface area contributed by atoms with Crippen molar-refractivity contribution >= 4 is 19.4 Å². The van der Waals surface area contributed by atoms with Crippen LogP contribution in [0.5, 0.6) is 0 Å². The van der Waals surface area contributed by atoms with Gasteiger partial charge in [0.05, 0.1) is 6.20 Å². The maximum absolute atomic E-state index is 12.4. The first kappa shape index (κ1) is 21.0. The number of rotatable bonds is 6. The molecule has 0 saturated carbocycles. The summed E-state index contributed by atoms with van der Waals surface area (Å²) in [5.41, 5.74) is -0.580. The Hall–Kier alpha value is -2.34. The molecule has 1 heterocycles. The summed E-state index contributed by atoms with van der Waals surface area (Å²) in [6.07, 6.45) is 2.59. The van der Waals surface area contributed by atoms with Crippen LogP contribution in [0.15, 0.2) is 59.0 Å². The van der Waals surface area contributed by atoms with E-state index in [9.17, 15) is 4.79 Å². The van der Waals surface area contributed by atoms with Crippen molar-refractivity contribution < 1.29 is 13.9 Å². The summed E-state index contributed by atoms with van der Waals surface area (Å²) in [5, 5.41) is 5.33. The first-order chi connectivity index (χ1) is 12.5. The van der Waals surface area contributed by atoms with Gasteiger partial charge in [-0.2, -0.15) is 0 Å². The molecule has 0 aliphatic carbocycles. The van der Waals surface area contributed by atoms with Crippen LogP contribution in [0.25, 0.3) is 0 Å². The van der Waals surface area contributed by atoms with E-state index in [0.29, 0.717) is 5.89 Å². The zero-order chi connectivity index (χ0) is 20.2. The minimum Gasteiger partial charge on any atom is -0.447 e. The Balaban J connectivity index is 2.27. The van der Waals surface area contributed by atoms with E-state index in [1.165, 1.54) is 11.4 Å². The van der Waals surface area contributed by atoms with Gasteiger partial charge >= 0.3 is 6.09 Å². The van der Waals surface area contributed by atoms with Gasteiger partial charge in [-0.1, -0.05) is 60.7 Å². The average molecular weight is 387 g/mol. The summed E-state index contributed by atoms with van der Waals surface area (Å²) in [7, 11) is -1.98. The molecule has 1 N–H and O–H groups in total. The molecule has 1 amide bonds. The number of carbonyl (C=O) groups excluding carboxylic acids is 1. The quantitative estimate of drug-likeness (QED) is 0.738. The van der Waals surface area contributed by atoms with Crippen LogP contribution in [-0.4, -0.2) is 24.8 Å². The van der Waals surface area contributed by atoms with Gasteiger partial charge in [-0.15, -0.1) is 6.58 Å². The molecular formula is C21H30N2O3Si. The van der Waals surface area contributed by atoms with Gasteiger partial charge in [0, 0.05) is 5.92 Å². The molecule has 0 bridgehead atoms. The number of aromatic nitrogens is 1. The van der Waals surface area contributed by atoms with E-state index in [1.807, 2.05) is 45.9 Å². The van der Waals surface area contributed by atoms with Gasteiger partial charge in [0.2, 0.25) is 5.89 Å². The molecule has 0 aliphatic rings. The van der Waals surface area contributed by atoms with Crippen LogP contribution in [-0.2, 0) is 4.74 Å². The summed E-state index contributed by atoms with van der Waals surface area (Å²) in [4.78, 5) is 16.7. The second kappa shape index (κ2) is 8.13. The van der Waals surface area contributed by atoms with Crippen molar-refractivity contribution in [1.29, 1.82) is 0 Å². The van der Waals surface area contributed by atoms with Crippen LogP contribution in [0.2, 0.25) is 13.1 Å². The maximum atomic E-state index is 12.4. The Morgan fingerprint density at radius 2 is 1.89 bits per heavy atom. The lowest BCUT2D eigenvalue weighted by Crippen LogP contribution is -2.48. The summed E-state index contributed by atoms with van der Waals surface area (Å²) in [6, 6.07) is 9.95. The Bertz CT molecular complexity index is 764. The highest BCUT2D eigenvalue weighted by Gasteiger charge is 2.36. The summed E-state index contributed by atoms with van der Waals surface area (Å²) in [6.45, 7) is 16.5. The fourth-order valence-corrected chi connectivity index (χ4v) is 5.74. The van der Waals surface area contributed by atoms with E-state index in [2.05, 4.69) is 42.1 Å². The van der Waals surface area contributed by atoms with Gasteiger partial charge in [-0.25, -0.2) is 9.78 Å². The molecule has 2 aromatic rings. The summed E-state index contributed by atoms with van der Waals surface area (Å²) in [5.74, 6) is 0.380. The third kappa shape index (κ3) is 5.32. The Morgan fingerprint density at radius 1 is 1.26 bits per heavy atom. The number of nitrogens with zero attached hydrogens (tertiary/aromatic N) is 1. The van der Waals surface area contributed by atoms with E-state index in [4.69, 9.17) is 9.15 Å². The highest BCUT2D eigenvalue weighted by Crippen LogP contribution is 2.31. The molecule has 6 heteroatoms. The maximum Gasteiger partial charge on any atom is 0.408 e. The number of hydrogen-bond acceptors (Lipinski definition) is 4. The highest BCUT2D eigenvalue weighted by molar-refractivity contribution is 6.95. The lowest BCUT2D eigenvalue weighted by Gasteiger charge is -2.34. The lowest BCUT2D eigenvalue weighted by atomic mass is 10.0. The highest BCUT2D eigenvalue weighted by atomic mass is 28.3. The smallest absolute Gasteiger partial charge is 0.408 e. The number of carbonyl (C=O) groups is 1. The van der Waals surface area contributed by atoms with Crippen LogP contribution in [0.3, 0.4) is 0 Å². The predicted octanol–water partition coefficient (Wildman–Crippen LogP) is 4.59. The lowest BCUT2D eigenvalue weighted by molar-refractivity contribution is 0.0483. The predicted molar refractivity (Wildman–Crippen MR) is 110 cm³/mol. The number of oxazole rings is 1.